The van der Waals surface area contributed by atoms with Crippen molar-refractivity contribution in [2.75, 3.05) is 75.2 Å². The zero-order chi connectivity index (χ0) is 52.5. The van der Waals surface area contributed by atoms with Crippen molar-refractivity contribution in [2.24, 2.45) is 5.41 Å². The predicted octanol–water partition coefficient (Wildman–Crippen LogP) is 9.14. The number of likely N-dealkylation sites (tertiary alicyclic amines) is 1. The van der Waals surface area contributed by atoms with Crippen LogP contribution in [0.1, 0.15) is 89.9 Å². The van der Waals surface area contributed by atoms with Crippen LogP contribution < -0.4 is 36.2 Å². The Bertz CT molecular complexity index is 2740. The maximum absolute atomic E-state index is 14.2. The van der Waals surface area contributed by atoms with Gasteiger partial charge in [-0.15, -0.1) is 11.3 Å². The second-order valence-corrected chi connectivity index (χ2v) is 25.1. The molecule has 4 heterocycles. The number of hydrogen-bond acceptors (Lipinski definition) is 14. The summed E-state index contributed by atoms with van der Waals surface area (Å²) in [6.45, 7) is 17.7. The molecule has 2 aliphatic rings. The quantitative estimate of drug-likeness (QED) is 0.0345. The largest absolute Gasteiger partial charge is 0.494 e. The van der Waals surface area contributed by atoms with E-state index in [4.69, 9.17) is 16.3 Å². The molecule has 3 amide bonds. The van der Waals surface area contributed by atoms with Gasteiger partial charge in [-0.2, -0.15) is 4.98 Å². The number of rotatable bonds is 21. The fraction of sp³-hybridized carbons (Fsp3) is 0.481. The van der Waals surface area contributed by atoms with Gasteiger partial charge in [0, 0.05) is 79.3 Å². The fourth-order valence-corrected chi connectivity index (χ4v) is 11.4. The van der Waals surface area contributed by atoms with Gasteiger partial charge in [0.05, 0.1) is 36.8 Å². The summed E-state index contributed by atoms with van der Waals surface area (Å²) in [6.07, 6.45) is 5.89. The van der Waals surface area contributed by atoms with Crippen LogP contribution in [0.25, 0.3) is 10.6 Å². The maximum Gasteiger partial charge on any atom is 0.246 e. The molecule has 2 aromatic heterocycles. The first-order chi connectivity index (χ1) is 34.8. The van der Waals surface area contributed by atoms with Crippen LogP contribution in [-0.2, 0) is 18.9 Å². The number of benzene rings is 3. The van der Waals surface area contributed by atoms with Crippen molar-refractivity contribution in [3.05, 3.63) is 94.6 Å². The van der Waals surface area contributed by atoms with Gasteiger partial charge < -0.3 is 45.5 Å². The number of carbonyl (C=O) groups is 3. The molecule has 19 heteroatoms. The van der Waals surface area contributed by atoms with Gasteiger partial charge in [-0.1, -0.05) is 88.0 Å². The number of aliphatic hydroxyl groups is 1. The van der Waals surface area contributed by atoms with E-state index < -0.39 is 30.7 Å². The van der Waals surface area contributed by atoms with E-state index in [0.717, 1.165) is 85.9 Å². The molecule has 7 rings (SSSR count). The number of halogens is 1. The normalized spacial score (nSPS) is 17.2. The number of thiazole rings is 1. The molecular weight excluding hydrogens is 983 g/mol. The van der Waals surface area contributed by atoms with Crippen molar-refractivity contribution in [2.45, 2.75) is 104 Å². The summed E-state index contributed by atoms with van der Waals surface area (Å²) in [5, 5.41) is 27.2. The van der Waals surface area contributed by atoms with E-state index in [-0.39, 0.29) is 36.7 Å². The average molecular weight is 1060 g/mol. The van der Waals surface area contributed by atoms with E-state index in [1.165, 1.54) is 11.1 Å². The molecule has 2 fully saturated rings. The Morgan fingerprint density at radius 2 is 1.63 bits per heavy atom. The van der Waals surface area contributed by atoms with Gasteiger partial charge in [0.25, 0.3) is 0 Å². The van der Waals surface area contributed by atoms with Crippen LogP contribution in [0.4, 0.5) is 28.8 Å². The number of amides is 3. The summed E-state index contributed by atoms with van der Waals surface area (Å²) in [5.41, 5.74) is 4.71. The van der Waals surface area contributed by atoms with E-state index in [1.54, 1.807) is 31.8 Å². The number of anilines is 5. The van der Waals surface area contributed by atoms with Gasteiger partial charge in [0.15, 0.2) is 5.82 Å². The molecule has 0 aliphatic carbocycles. The van der Waals surface area contributed by atoms with Crippen molar-refractivity contribution in [1.82, 2.24) is 35.4 Å². The topological polar surface area (TPSA) is 194 Å². The second kappa shape index (κ2) is 24.6. The Morgan fingerprint density at radius 3 is 2.32 bits per heavy atom. The molecule has 73 heavy (non-hydrogen) atoms. The first-order valence-electron chi connectivity index (χ1n) is 25.2. The number of aliphatic hydroxyl groups excluding tert-OH is 1. The Balaban J connectivity index is 0.809. The molecule has 4 atom stereocenters. The van der Waals surface area contributed by atoms with Crippen LogP contribution in [0.5, 0.6) is 5.75 Å². The molecule has 2 saturated heterocycles. The van der Waals surface area contributed by atoms with Crippen LogP contribution >= 0.6 is 30.1 Å². The van der Waals surface area contributed by atoms with Crippen molar-refractivity contribution in [3.63, 3.8) is 0 Å². The summed E-state index contributed by atoms with van der Waals surface area (Å²) in [4.78, 5) is 61.0. The Hall–Kier alpha value is -5.58. The standard InChI is InChI=1S/C54H72ClN10O6PS/c1-35-34-73-51(57-35)38-21-19-37(20-22-38)36(2)58-50(68)44-31-40(66)33-65(44)52(69)48(54(3,4)5)61-47(67)18-12-10-9-11-15-25-63-26-28-64(29-27-63)39-23-24-42(45(30-39)71-6)60-53-56-32-41(55)49(62-53)59-43-16-13-14-17-46(43)72(7,8)70/h13-14,16-17,19-24,30,32,34,36,40,44,48,66H,9-12,15,18,25-29,31,33H2,1-8H3,(H,58,68)(H,61,67)(H2,56,59,60,62)/t36-,40+,44-,48+/m1/s1. The van der Waals surface area contributed by atoms with Gasteiger partial charge in [0.2, 0.25) is 23.7 Å². The van der Waals surface area contributed by atoms with Crippen molar-refractivity contribution in [3.8, 4) is 16.3 Å². The van der Waals surface area contributed by atoms with Crippen LogP contribution in [0.15, 0.2) is 78.3 Å². The fourth-order valence-electron chi connectivity index (χ4n) is 9.32. The highest BCUT2D eigenvalue weighted by Crippen LogP contribution is 2.39. The summed E-state index contributed by atoms with van der Waals surface area (Å²) < 4.78 is 18.7. The molecule has 0 radical (unpaired) electrons. The molecule has 5 aromatic rings. The number of para-hydroxylation sites is 1. The van der Waals surface area contributed by atoms with E-state index in [0.29, 0.717) is 52.1 Å². The molecule has 0 saturated carbocycles. The lowest BCUT2D eigenvalue weighted by atomic mass is 9.85. The Morgan fingerprint density at radius 1 is 0.918 bits per heavy atom. The first kappa shape index (κ1) is 55.2. The van der Waals surface area contributed by atoms with E-state index >= 15 is 0 Å². The molecule has 0 unspecified atom stereocenters. The number of ether oxygens (including phenoxy) is 1. The lowest BCUT2D eigenvalue weighted by Crippen LogP contribution is -2.57. The highest BCUT2D eigenvalue weighted by Gasteiger charge is 2.44. The molecule has 392 valence electrons. The summed E-state index contributed by atoms with van der Waals surface area (Å²) in [5.74, 6) is 0.486. The van der Waals surface area contributed by atoms with Crippen LogP contribution in [-0.4, -0.2) is 125 Å². The van der Waals surface area contributed by atoms with Gasteiger partial charge in [-0.3, -0.25) is 19.3 Å². The second-order valence-electron chi connectivity index (χ2n) is 20.6. The van der Waals surface area contributed by atoms with E-state index in [9.17, 15) is 24.1 Å². The number of carbonyl (C=O) groups excluding carboxylic acids is 3. The average Bonchev–Trinajstić information content (AvgIpc) is 3.98. The number of hydrogen-bond donors (Lipinski definition) is 5. The Kier molecular flexibility index (Phi) is 18.6. The third-order valence-electron chi connectivity index (χ3n) is 13.4. The number of nitrogens with one attached hydrogen (secondary N) is 4. The van der Waals surface area contributed by atoms with E-state index in [2.05, 4.69) is 52.1 Å². The van der Waals surface area contributed by atoms with Crippen molar-refractivity contribution >= 4 is 81.9 Å². The van der Waals surface area contributed by atoms with Crippen LogP contribution in [0, 0.1) is 12.3 Å². The van der Waals surface area contributed by atoms with Gasteiger partial charge >= 0.3 is 0 Å². The highest BCUT2D eigenvalue weighted by atomic mass is 35.5. The number of aromatic nitrogens is 3. The molecule has 0 bridgehead atoms. The number of β-amino-alcohol motifs (C(OH)–C–C–N with tert-alkyl or cyclic N) is 1. The predicted molar refractivity (Wildman–Crippen MR) is 295 cm³/mol. The number of piperazine rings is 1. The summed E-state index contributed by atoms with van der Waals surface area (Å²) in [7, 11) is -0.924. The zero-order valence-corrected chi connectivity index (χ0v) is 45.9. The van der Waals surface area contributed by atoms with Gasteiger partial charge in [-0.25, -0.2) is 9.97 Å². The minimum Gasteiger partial charge on any atom is -0.494 e. The number of unbranched alkanes of at least 4 members (excludes halogenated alkanes) is 4. The molecule has 16 nitrogen and oxygen atoms in total. The number of nitrogens with zero attached hydrogens (tertiary/aromatic N) is 6. The van der Waals surface area contributed by atoms with Gasteiger partial charge in [0.1, 0.15) is 35.0 Å². The third kappa shape index (κ3) is 14.8. The molecular formula is C54H72ClN10O6PS. The van der Waals surface area contributed by atoms with E-state index in [1.807, 2.05) is 101 Å². The minimum atomic E-state index is -2.56. The van der Waals surface area contributed by atoms with Crippen molar-refractivity contribution in [1.29, 1.82) is 0 Å². The minimum absolute atomic E-state index is 0.0268. The first-order valence-corrected chi connectivity index (χ1v) is 29.1. The lowest BCUT2D eigenvalue weighted by Gasteiger charge is -2.36. The third-order valence-corrected chi connectivity index (χ3v) is 16.3. The molecule has 3 aromatic carbocycles. The van der Waals surface area contributed by atoms with Gasteiger partial charge in [-0.05, 0) is 81.8 Å². The SMILES string of the molecule is COc1cc(N2CCN(CCCCCCCC(=O)N[C@@H](C(=O)N3C[C@@H](O)C[C@@H]3C(=O)N[C@H](C)c3ccc(-c4nc(C)cs4)cc3)C(C)(C)C)CC2)ccc1Nc1ncc(Cl)c(Nc2ccccc2P(C)(C)=O)n1. The summed E-state index contributed by atoms with van der Waals surface area (Å²) in [6, 6.07) is 19.3. The Labute approximate surface area is 439 Å². The molecule has 5 N–H and O–H groups in total. The maximum atomic E-state index is 14.2. The number of aryl methyl sites for hydroxylation is 1. The smallest absolute Gasteiger partial charge is 0.246 e. The number of methoxy groups -OCH3 is 1. The zero-order valence-electron chi connectivity index (χ0n) is 43.4. The monoisotopic (exact) mass is 1050 g/mol. The highest BCUT2D eigenvalue weighted by molar-refractivity contribution is 7.70. The molecule has 0 spiro atoms. The van der Waals surface area contributed by atoms with Crippen LogP contribution in [0.3, 0.4) is 0 Å². The lowest BCUT2D eigenvalue weighted by molar-refractivity contribution is -0.144. The van der Waals surface area contributed by atoms with Crippen LogP contribution in [0.2, 0.25) is 5.02 Å². The van der Waals surface area contributed by atoms with Crippen molar-refractivity contribution < 1.29 is 28.8 Å². The molecule has 2 aliphatic heterocycles. The summed E-state index contributed by atoms with van der Waals surface area (Å²) >= 11 is 8.07.